The van der Waals surface area contributed by atoms with E-state index in [0.29, 0.717) is 29.8 Å². The van der Waals surface area contributed by atoms with Gasteiger partial charge in [0, 0.05) is 156 Å². The van der Waals surface area contributed by atoms with E-state index in [2.05, 4.69) is 222 Å². The molecule has 0 aromatic heterocycles. The molecule has 530 valence electrons. The summed E-state index contributed by atoms with van der Waals surface area (Å²) in [7, 11) is 39.9. The second-order valence-corrected chi connectivity index (χ2v) is 116. The van der Waals surface area contributed by atoms with Crippen LogP contribution in [0.2, 0.25) is 0 Å². The number of hydrogen-bond acceptors (Lipinski definition) is 10. The Hall–Kier alpha value is 9.55. The van der Waals surface area contributed by atoms with Crippen LogP contribution in [0.3, 0.4) is 0 Å². The van der Waals surface area contributed by atoms with Crippen LogP contribution in [0.4, 0.5) is 0 Å². The van der Waals surface area contributed by atoms with Gasteiger partial charge in [0.2, 0.25) is 0 Å². The maximum absolute atomic E-state index is 13.7. The Morgan fingerprint density at radius 2 is 0.979 bits per heavy atom. The molecule has 0 bridgehead atoms. The van der Waals surface area contributed by atoms with E-state index in [1.807, 2.05) is 59.1 Å². The van der Waals surface area contributed by atoms with E-state index in [0.717, 1.165) is 91.5 Å². The number of fused-ring (bicyclic) bond motifs is 17. The fourth-order valence-electron chi connectivity index (χ4n) is 15.2. The average molecular weight is 1990 g/mol. The first-order valence-corrected chi connectivity index (χ1v) is 77.0. The van der Waals surface area contributed by atoms with Crippen LogP contribution in [0.15, 0.2) is 84.9 Å². The number of thiol groups is 1. The van der Waals surface area contributed by atoms with Gasteiger partial charge in [-0.1, -0.05) is 101 Å². The molecule has 2 spiro atoms. The Bertz CT molecular complexity index is 3200. The number of carbonyl (C=O) groups excluding carboxylic acids is 4. The molecule has 11 aliphatic rings. The monoisotopic (exact) mass is 1990 g/mol. The molecule has 3 saturated heterocycles. The summed E-state index contributed by atoms with van der Waals surface area (Å²) < 4.78 is 0.485. The minimum atomic E-state index is -0.174. The van der Waals surface area contributed by atoms with E-state index >= 15 is 0 Å². The SMILES string of the molecule is O=C1C=C2c3ccccc3C(=O)N2[C@@H]2CCCC[C@@H]12.O=C1c2ccccc2C2(SCCCS)CC3(SCCCS3)C3CCCC[C@H]3N12.O=C1c2ccccc2C2=CC3(SCCCS3)C3CCCC[C@H]3N12.PP(P)P(P)P(P(P)P)P(P)P.PPP(P)P(P(P)P)P(P)P.[V].[V].[V].[V]. The molecule has 8 heterocycles. The normalized spacial score (nSPS) is 26.4. The Kier molecular flexibility index (Phi) is 44.6. The predicted octanol–water partition coefficient (Wildman–Crippen LogP) is 25.7. The molecular weight excluding hydrogens is 1900 g/mol. The first-order chi connectivity index (χ1) is 44.7. The minimum Gasteiger partial charge on any atom is -0.316 e. The van der Waals surface area contributed by atoms with Gasteiger partial charge >= 0.3 is 0 Å². The standard InChI is InChI=1S/C22H29NOS4.C19H21NOS2.C16H15NO2.H14P12.H13P11.4V/c24-20-16-7-1-2-8-17(16)21(26-12-5-11-25)15-22(27-13-6-14-28-22)18-9-3-4-10-19(18)23(20)21;21-18-14-7-2-1-6-13(14)17-12-19(22-10-5-11-23-19)15-8-3-4-9-16(15)20(17)18;18-15-9-14-10-5-1-2-6-11(10)16(19)17(14)13-8-4-3-7-12(13)15;1-8(2)11(7)12(9(3)4)10(5)6;1-7-10(6)11(8(2)3)9(4)5;;;;/h1-2,7-8,18-19,25H,3-6,9-15H2;1-2,6-7,12,15-16H,3-5,8-11H2;1-2,5-6,9,12-13H,3-4,7-8H2;1-7H2;7H,1-6H2;;;;/t18?,19-,21?;15?,16-;12-,13-;;;;;;/m111....../s1. The molecule has 8 aliphatic heterocycles. The van der Waals surface area contributed by atoms with Crippen molar-refractivity contribution in [1.82, 2.24) is 14.7 Å². The van der Waals surface area contributed by atoms with Crippen molar-refractivity contribution in [1.29, 1.82) is 0 Å². The fourth-order valence-corrected chi connectivity index (χ4v) is 223. The van der Waals surface area contributed by atoms with Gasteiger partial charge in [0.05, 0.1) is 19.6 Å². The molecule has 23 atom stereocenters. The van der Waals surface area contributed by atoms with Gasteiger partial charge < -0.3 is 14.7 Å². The van der Waals surface area contributed by atoms with E-state index in [1.165, 1.54) is 98.5 Å². The average Bonchev–Trinajstić information content (AvgIpc) is 1.58. The zero-order chi connectivity index (χ0) is 66.5. The van der Waals surface area contributed by atoms with Crippen molar-refractivity contribution in [2.24, 2.45) is 17.8 Å². The van der Waals surface area contributed by atoms with Crippen molar-refractivity contribution in [2.75, 3.05) is 34.5 Å². The summed E-state index contributed by atoms with van der Waals surface area (Å²) in [6, 6.07) is 25.2. The molecular formula is C57H92N3O4P23S6V4. The van der Waals surface area contributed by atoms with Crippen LogP contribution < -0.4 is 0 Å². The van der Waals surface area contributed by atoms with E-state index in [1.54, 1.807) is 6.08 Å². The van der Waals surface area contributed by atoms with Crippen LogP contribution in [-0.4, -0.2) is 99.0 Å². The smallest absolute Gasteiger partial charge is 0.259 e. The zero-order valence-corrected chi connectivity index (χ0v) is 88.5. The summed E-state index contributed by atoms with van der Waals surface area (Å²) in [6.45, 7) is 1.46. The third-order valence-electron chi connectivity index (χ3n) is 18.9. The van der Waals surface area contributed by atoms with Gasteiger partial charge in [-0.15, -0.1) is 175 Å². The predicted molar refractivity (Wildman–Crippen MR) is 495 cm³/mol. The number of carbonyl (C=O) groups is 4. The molecule has 4 radical (unpaired) electrons. The molecule has 14 rings (SSSR count). The van der Waals surface area contributed by atoms with Crippen LogP contribution in [0, 0.1) is 17.8 Å². The number of rotatable bonds is 12. The number of allylic oxidation sites excluding steroid dienone is 1. The molecule has 3 amide bonds. The summed E-state index contributed by atoms with van der Waals surface area (Å²) in [4.78, 5) is 57.8. The first-order valence-electron chi connectivity index (χ1n) is 31.4. The third-order valence-corrected chi connectivity index (χ3v) is 153. The van der Waals surface area contributed by atoms with Crippen LogP contribution in [0.1, 0.15) is 150 Å². The Balaban J connectivity index is 0.000000198. The van der Waals surface area contributed by atoms with Crippen molar-refractivity contribution in [3.63, 3.8) is 0 Å². The zero-order valence-electron chi connectivity index (χ0n) is 53.9. The molecule has 40 heteroatoms. The maximum atomic E-state index is 13.7. The largest absolute Gasteiger partial charge is 0.316 e. The van der Waals surface area contributed by atoms with Crippen molar-refractivity contribution in [3.05, 3.63) is 118 Å². The molecule has 3 aliphatic carbocycles. The Morgan fingerprint density at radius 1 is 0.515 bits per heavy atom. The molecule has 3 aromatic rings. The number of piperidine rings is 1. The topological polar surface area (TPSA) is 78.0 Å². The quantitative estimate of drug-likeness (QED) is 0.108. The molecule has 6 fully saturated rings. The number of thioether (sulfide) groups is 5. The summed E-state index contributed by atoms with van der Waals surface area (Å²) >= 11 is 15.2. The van der Waals surface area contributed by atoms with Crippen LogP contribution in [0.5, 0.6) is 0 Å². The third kappa shape index (κ3) is 22.1. The van der Waals surface area contributed by atoms with Crippen molar-refractivity contribution < 1.29 is 93.4 Å². The molecule has 0 N–H and O–H groups in total. The van der Waals surface area contributed by atoms with Crippen LogP contribution in [0.25, 0.3) is 11.4 Å². The van der Waals surface area contributed by atoms with Gasteiger partial charge in [0.25, 0.3) is 17.7 Å². The van der Waals surface area contributed by atoms with Gasteiger partial charge in [-0.2, -0.15) is 12.6 Å². The summed E-state index contributed by atoms with van der Waals surface area (Å²) in [5.74, 6) is 9.18. The minimum absolute atomic E-state index is 0. The molecule has 19 unspecified atom stereocenters. The van der Waals surface area contributed by atoms with E-state index in [-0.39, 0.29) is 180 Å². The number of hydrogen-bond donors (Lipinski definition) is 1. The maximum Gasteiger partial charge on any atom is 0.259 e. The van der Waals surface area contributed by atoms with E-state index < -0.39 is 0 Å². The van der Waals surface area contributed by atoms with Gasteiger partial charge in [-0.05, 0) is 179 Å². The number of nitrogens with zero attached hydrogens (tertiary/aromatic N) is 3. The number of amides is 3. The second kappa shape index (κ2) is 45.3. The number of benzene rings is 3. The number of ketones is 1. The molecule has 3 saturated carbocycles. The summed E-state index contributed by atoms with van der Waals surface area (Å²) in [6.07, 6.45) is 23.2. The Morgan fingerprint density at radius 3 is 1.49 bits per heavy atom. The van der Waals surface area contributed by atoms with Crippen LogP contribution >= 0.6 is 258 Å². The fraction of sp³-hybridized carbons (Fsp3) is 0.544. The van der Waals surface area contributed by atoms with Gasteiger partial charge in [0.1, 0.15) is 4.87 Å². The van der Waals surface area contributed by atoms with E-state index in [9.17, 15) is 19.2 Å². The summed E-state index contributed by atoms with van der Waals surface area (Å²) in [5, 5.41) is 0. The first kappa shape index (κ1) is 95.4. The van der Waals surface area contributed by atoms with Crippen LogP contribution in [-0.2, 0) is 83.9 Å². The van der Waals surface area contributed by atoms with Crippen molar-refractivity contribution >= 4 is 293 Å². The van der Waals surface area contributed by atoms with Crippen molar-refractivity contribution in [3.8, 4) is 0 Å². The second-order valence-electron chi connectivity index (χ2n) is 24.3. The molecule has 3 aromatic carbocycles. The Labute approximate surface area is 697 Å². The van der Waals surface area contributed by atoms with Gasteiger partial charge in [-0.25, -0.2) is 0 Å². The van der Waals surface area contributed by atoms with Crippen molar-refractivity contribution in [2.45, 2.75) is 134 Å². The summed E-state index contributed by atoms with van der Waals surface area (Å²) in [5.41, 5.74) is 8.02. The molecule has 97 heavy (non-hydrogen) atoms. The molecule has 7 nitrogen and oxygen atoms in total. The van der Waals surface area contributed by atoms with Gasteiger partial charge in [0.15, 0.2) is 5.78 Å². The van der Waals surface area contributed by atoms with E-state index in [4.69, 9.17) is 0 Å². The van der Waals surface area contributed by atoms with Gasteiger partial charge in [-0.3, -0.25) is 19.2 Å².